The van der Waals surface area contributed by atoms with E-state index in [9.17, 15) is 9.59 Å². The lowest BCUT2D eigenvalue weighted by Gasteiger charge is -2.08. The number of rotatable bonds is 8. The Morgan fingerprint density at radius 1 is 0.875 bits per heavy atom. The van der Waals surface area contributed by atoms with Crippen molar-refractivity contribution in [2.75, 3.05) is 11.9 Å². The maximum Gasteiger partial charge on any atom is 0.331 e. The molecule has 3 rings (SSSR count). The van der Waals surface area contributed by atoms with Crippen LogP contribution < -0.4 is 10.1 Å². The Morgan fingerprint density at radius 3 is 2.34 bits per heavy atom. The molecule has 1 amide bonds. The van der Waals surface area contributed by atoms with Gasteiger partial charge in [-0.25, -0.2) is 4.79 Å². The van der Waals surface area contributed by atoms with E-state index in [1.54, 1.807) is 48.5 Å². The molecule has 1 N–H and O–H groups in total. The highest BCUT2D eigenvalue weighted by molar-refractivity contribution is 6.44. The number of benzene rings is 3. The number of amides is 1. The lowest BCUT2D eigenvalue weighted by Crippen LogP contribution is -2.20. The molecule has 0 aliphatic carbocycles. The molecule has 0 atom stereocenters. The zero-order chi connectivity index (χ0) is 22.9. The third-order valence-corrected chi connectivity index (χ3v) is 5.40. The van der Waals surface area contributed by atoms with Crippen LogP contribution >= 0.6 is 34.8 Å². The van der Waals surface area contributed by atoms with Gasteiger partial charge in [0.1, 0.15) is 12.4 Å². The molecular weight excluding hydrogens is 473 g/mol. The lowest BCUT2D eigenvalue weighted by atomic mass is 10.2. The molecule has 0 saturated carbocycles. The van der Waals surface area contributed by atoms with Crippen LogP contribution in [0.4, 0.5) is 5.69 Å². The third-order valence-electron chi connectivity index (χ3n) is 4.22. The molecule has 0 radical (unpaired) electrons. The number of carbonyl (C=O) groups excluding carboxylic acids is 2. The van der Waals surface area contributed by atoms with Crippen LogP contribution in [0.1, 0.15) is 11.1 Å². The highest BCUT2D eigenvalue weighted by atomic mass is 35.5. The Bertz CT molecular complexity index is 1130. The first kappa shape index (κ1) is 23.7. The number of ether oxygens (including phenoxy) is 2. The van der Waals surface area contributed by atoms with Crippen molar-refractivity contribution in [3.63, 3.8) is 0 Å². The van der Waals surface area contributed by atoms with Crippen LogP contribution in [0.25, 0.3) is 6.08 Å². The molecule has 0 spiro atoms. The fourth-order valence-electron chi connectivity index (χ4n) is 2.59. The second-order valence-electron chi connectivity index (χ2n) is 6.54. The minimum atomic E-state index is -0.656. The van der Waals surface area contributed by atoms with E-state index in [-0.39, 0.29) is 5.02 Å². The molecule has 3 aromatic rings. The van der Waals surface area contributed by atoms with E-state index in [2.05, 4.69) is 5.32 Å². The van der Waals surface area contributed by atoms with Gasteiger partial charge in [0, 0.05) is 16.7 Å². The summed E-state index contributed by atoms with van der Waals surface area (Å²) in [6, 6.07) is 19.4. The molecule has 0 aliphatic rings. The van der Waals surface area contributed by atoms with Gasteiger partial charge in [-0.2, -0.15) is 0 Å². The number of anilines is 1. The first-order valence-corrected chi connectivity index (χ1v) is 10.6. The van der Waals surface area contributed by atoms with Crippen molar-refractivity contribution in [1.29, 1.82) is 0 Å². The molecule has 0 aromatic heterocycles. The number of carbonyl (C=O) groups is 2. The van der Waals surface area contributed by atoms with E-state index in [1.165, 1.54) is 6.08 Å². The predicted octanol–water partition coefficient (Wildman–Crippen LogP) is 6.42. The van der Waals surface area contributed by atoms with Gasteiger partial charge in [-0.05, 0) is 42.0 Å². The van der Waals surface area contributed by atoms with Gasteiger partial charge in [-0.3, -0.25) is 4.79 Å². The summed E-state index contributed by atoms with van der Waals surface area (Å²) in [7, 11) is 0. The maximum atomic E-state index is 11.9. The molecule has 0 unspecified atom stereocenters. The van der Waals surface area contributed by atoms with Crippen LogP contribution in [0.3, 0.4) is 0 Å². The average Bonchev–Trinajstić information content (AvgIpc) is 2.79. The lowest BCUT2D eigenvalue weighted by molar-refractivity contribution is -0.142. The number of hydrogen-bond acceptors (Lipinski definition) is 4. The Labute approximate surface area is 200 Å². The maximum absolute atomic E-state index is 11.9. The summed E-state index contributed by atoms with van der Waals surface area (Å²) in [6.45, 7) is -0.107. The van der Waals surface area contributed by atoms with Gasteiger partial charge in [-0.1, -0.05) is 71.2 Å². The molecule has 5 nitrogen and oxygen atoms in total. The highest BCUT2D eigenvalue weighted by Crippen LogP contribution is 2.29. The zero-order valence-corrected chi connectivity index (χ0v) is 19.0. The fourth-order valence-corrected chi connectivity index (χ4v) is 3.13. The van der Waals surface area contributed by atoms with Crippen LogP contribution in [-0.2, 0) is 20.9 Å². The minimum absolute atomic E-state index is 0.216. The summed E-state index contributed by atoms with van der Waals surface area (Å²) in [4.78, 5) is 23.8. The van der Waals surface area contributed by atoms with Crippen LogP contribution in [0.2, 0.25) is 15.1 Å². The van der Waals surface area contributed by atoms with Gasteiger partial charge in [0.25, 0.3) is 5.91 Å². The molecule has 8 heteroatoms. The molecule has 0 fully saturated rings. The second kappa shape index (κ2) is 11.6. The summed E-state index contributed by atoms with van der Waals surface area (Å²) < 4.78 is 10.7. The van der Waals surface area contributed by atoms with Crippen LogP contribution in [0.15, 0.2) is 72.8 Å². The predicted molar refractivity (Wildman–Crippen MR) is 127 cm³/mol. The summed E-state index contributed by atoms with van der Waals surface area (Å²) in [5.41, 5.74) is 2.00. The molecule has 0 bridgehead atoms. The topological polar surface area (TPSA) is 64.6 Å². The largest absolute Gasteiger partial charge is 0.489 e. The Kier molecular flexibility index (Phi) is 8.56. The van der Waals surface area contributed by atoms with Crippen molar-refractivity contribution in [2.45, 2.75) is 6.61 Å². The first-order valence-electron chi connectivity index (χ1n) is 9.47. The average molecular weight is 491 g/mol. The highest BCUT2D eigenvalue weighted by Gasteiger charge is 2.10. The Balaban J connectivity index is 1.45. The van der Waals surface area contributed by atoms with Crippen LogP contribution in [0.5, 0.6) is 5.75 Å². The van der Waals surface area contributed by atoms with E-state index < -0.39 is 18.5 Å². The Hall–Kier alpha value is -2.99. The van der Waals surface area contributed by atoms with E-state index in [1.807, 2.05) is 24.3 Å². The van der Waals surface area contributed by atoms with E-state index in [4.69, 9.17) is 44.3 Å². The Morgan fingerprint density at radius 2 is 1.59 bits per heavy atom. The van der Waals surface area contributed by atoms with Crippen LogP contribution in [-0.4, -0.2) is 18.5 Å². The van der Waals surface area contributed by atoms with Crippen molar-refractivity contribution in [2.24, 2.45) is 0 Å². The third kappa shape index (κ3) is 7.02. The van der Waals surface area contributed by atoms with Gasteiger partial charge in [0.2, 0.25) is 0 Å². The number of nitrogens with one attached hydrogen (secondary N) is 1. The molecule has 32 heavy (non-hydrogen) atoms. The molecular formula is C24H18Cl3NO4. The van der Waals surface area contributed by atoms with Crippen molar-refractivity contribution < 1.29 is 19.1 Å². The number of hydrogen-bond donors (Lipinski definition) is 1. The summed E-state index contributed by atoms with van der Waals surface area (Å²) in [5, 5.41) is 3.71. The minimum Gasteiger partial charge on any atom is -0.489 e. The van der Waals surface area contributed by atoms with E-state index >= 15 is 0 Å². The van der Waals surface area contributed by atoms with E-state index in [0.29, 0.717) is 28.1 Å². The van der Waals surface area contributed by atoms with Crippen molar-refractivity contribution >= 4 is 58.4 Å². The summed E-state index contributed by atoms with van der Waals surface area (Å²) in [5.74, 6) is -0.520. The smallest absolute Gasteiger partial charge is 0.331 e. The van der Waals surface area contributed by atoms with Crippen molar-refractivity contribution in [3.05, 3.63) is 99.0 Å². The van der Waals surface area contributed by atoms with Gasteiger partial charge < -0.3 is 14.8 Å². The van der Waals surface area contributed by atoms with Gasteiger partial charge >= 0.3 is 5.97 Å². The molecule has 0 heterocycles. The van der Waals surface area contributed by atoms with Crippen molar-refractivity contribution in [1.82, 2.24) is 0 Å². The summed E-state index contributed by atoms with van der Waals surface area (Å²) in [6.07, 6.45) is 2.81. The molecule has 0 aliphatic heterocycles. The van der Waals surface area contributed by atoms with Crippen molar-refractivity contribution in [3.8, 4) is 5.75 Å². The normalized spacial score (nSPS) is 10.7. The standard InChI is InChI=1S/C24H18Cl3NO4/c25-19-5-2-1-4-17(19)14-31-18-11-8-16(9-12-18)10-13-23(30)32-15-22(29)28-21-7-3-6-20(26)24(21)27/h1-13H,14-15H2,(H,28,29)/b13-10+. The zero-order valence-electron chi connectivity index (χ0n) is 16.7. The SMILES string of the molecule is O=C(COC(=O)/C=C/c1ccc(OCc2ccccc2Cl)cc1)Nc1cccc(Cl)c1Cl. The number of esters is 1. The number of halogens is 3. The van der Waals surface area contributed by atoms with Gasteiger partial charge in [0.15, 0.2) is 6.61 Å². The first-order chi connectivity index (χ1) is 15.4. The molecule has 3 aromatic carbocycles. The second-order valence-corrected chi connectivity index (χ2v) is 7.73. The summed E-state index contributed by atoms with van der Waals surface area (Å²) >= 11 is 18.0. The van der Waals surface area contributed by atoms with Gasteiger partial charge in [-0.15, -0.1) is 0 Å². The van der Waals surface area contributed by atoms with Crippen LogP contribution in [0, 0.1) is 0 Å². The monoisotopic (exact) mass is 489 g/mol. The van der Waals surface area contributed by atoms with E-state index in [0.717, 1.165) is 11.1 Å². The van der Waals surface area contributed by atoms with Gasteiger partial charge in [0.05, 0.1) is 15.7 Å². The fraction of sp³-hybridized carbons (Fsp3) is 0.0833. The molecule has 0 saturated heterocycles. The molecule has 164 valence electrons. The quantitative estimate of drug-likeness (QED) is 0.292.